The standard InChI is InChI=1S/C17H12FN5O2.C3H5F/c1-10-2-3-11(16-19-9-25-22-16)6-14(10)21-17(24)13-8-20-23-5-4-12(18)7-15(13)23;4-3-1-2-3/h2-9H,1H3,(H,21,24);3H,1-2H2. The van der Waals surface area contributed by atoms with Crippen LogP contribution in [0.4, 0.5) is 14.5 Å². The molecule has 3 heterocycles. The fourth-order valence-corrected chi connectivity index (χ4v) is 2.58. The highest BCUT2D eigenvalue weighted by molar-refractivity contribution is 6.09. The van der Waals surface area contributed by atoms with Gasteiger partial charge in [0, 0.05) is 23.5 Å². The van der Waals surface area contributed by atoms with Crippen LogP contribution in [0, 0.1) is 12.7 Å². The summed E-state index contributed by atoms with van der Waals surface area (Å²) in [7, 11) is 0. The zero-order valence-corrected chi connectivity index (χ0v) is 15.5. The van der Waals surface area contributed by atoms with Gasteiger partial charge in [-0.1, -0.05) is 17.3 Å². The summed E-state index contributed by atoms with van der Waals surface area (Å²) in [6, 6.07) is 7.98. The molecule has 5 rings (SSSR count). The average Bonchev–Trinajstić information content (AvgIpc) is 3.17. The molecule has 7 nitrogen and oxygen atoms in total. The molecule has 4 aromatic rings. The van der Waals surface area contributed by atoms with E-state index in [4.69, 9.17) is 4.52 Å². The first kappa shape index (κ1) is 18.7. The van der Waals surface area contributed by atoms with Gasteiger partial charge in [0.25, 0.3) is 5.91 Å². The quantitative estimate of drug-likeness (QED) is 0.560. The van der Waals surface area contributed by atoms with E-state index in [1.54, 1.807) is 6.07 Å². The third-order valence-corrected chi connectivity index (χ3v) is 4.34. The van der Waals surface area contributed by atoms with Gasteiger partial charge in [-0.25, -0.2) is 13.3 Å². The first-order valence-corrected chi connectivity index (χ1v) is 8.97. The number of nitrogens with zero attached hydrogens (tertiary/aromatic N) is 4. The van der Waals surface area contributed by atoms with Crippen molar-refractivity contribution in [1.82, 2.24) is 19.8 Å². The normalized spacial score (nSPS) is 13.1. The lowest BCUT2D eigenvalue weighted by Gasteiger charge is -2.09. The molecule has 0 atom stereocenters. The fraction of sp³-hybridized carbons (Fsp3) is 0.200. The van der Waals surface area contributed by atoms with E-state index in [0.717, 1.165) is 18.4 Å². The molecule has 1 aliphatic rings. The molecule has 0 aliphatic heterocycles. The smallest absolute Gasteiger partial charge is 0.259 e. The van der Waals surface area contributed by atoms with Crippen LogP contribution in [0.3, 0.4) is 0 Å². The van der Waals surface area contributed by atoms with E-state index in [2.05, 4.69) is 20.6 Å². The third-order valence-electron chi connectivity index (χ3n) is 4.34. The molecule has 1 amide bonds. The van der Waals surface area contributed by atoms with Crippen LogP contribution in [0.15, 0.2) is 53.6 Å². The predicted molar refractivity (Wildman–Crippen MR) is 102 cm³/mol. The maximum absolute atomic E-state index is 13.5. The van der Waals surface area contributed by atoms with Gasteiger partial charge >= 0.3 is 0 Å². The predicted octanol–water partition coefficient (Wildman–Crippen LogP) is 4.20. The van der Waals surface area contributed by atoms with E-state index in [1.807, 2.05) is 19.1 Å². The number of nitrogens with one attached hydrogen (secondary N) is 1. The van der Waals surface area contributed by atoms with Crippen LogP contribution in [0.1, 0.15) is 28.8 Å². The number of halogens is 2. The summed E-state index contributed by atoms with van der Waals surface area (Å²) in [5.41, 5.74) is 2.85. The molecule has 1 N–H and O–H groups in total. The van der Waals surface area contributed by atoms with Crippen molar-refractivity contribution in [2.75, 3.05) is 5.32 Å². The molecular weight excluding hydrogens is 380 g/mol. The fourth-order valence-electron chi connectivity index (χ4n) is 2.58. The molecule has 3 aromatic heterocycles. The molecule has 0 bridgehead atoms. The van der Waals surface area contributed by atoms with Crippen molar-refractivity contribution >= 4 is 17.1 Å². The summed E-state index contributed by atoms with van der Waals surface area (Å²) >= 11 is 0. The topological polar surface area (TPSA) is 85.3 Å². The largest absolute Gasteiger partial charge is 0.342 e. The molecule has 1 aliphatic carbocycles. The Hall–Kier alpha value is -3.62. The van der Waals surface area contributed by atoms with Gasteiger partial charge in [0.05, 0.1) is 17.3 Å². The van der Waals surface area contributed by atoms with Gasteiger partial charge in [-0.3, -0.25) is 4.79 Å². The van der Waals surface area contributed by atoms with Gasteiger partial charge in [0.15, 0.2) is 0 Å². The maximum Gasteiger partial charge on any atom is 0.259 e. The Bertz CT molecular complexity index is 1150. The number of hydrogen-bond donors (Lipinski definition) is 1. The highest BCUT2D eigenvalue weighted by atomic mass is 19.1. The molecule has 1 aromatic carbocycles. The Balaban J connectivity index is 0.000000458. The van der Waals surface area contributed by atoms with Crippen LogP contribution in [-0.4, -0.2) is 31.8 Å². The van der Waals surface area contributed by atoms with E-state index in [1.165, 1.54) is 35.4 Å². The summed E-state index contributed by atoms with van der Waals surface area (Å²) in [5, 5.41) is 10.7. The van der Waals surface area contributed by atoms with Crippen LogP contribution in [-0.2, 0) is 0 Å². The zero-order valence-electron chi connectivity index (χ0n) is 15.5. The molecule has 0 saturated heterocycles. The number of aryl methyl sites for hydroxylation is 1. The minimum atomic E-state index is -0.433. The number of amides is 1. The molecule has 0 radical (unpaired) electrons. The number of benzene rings is 1. The molecule has 0 unspecified atom stereocenters. The van der Waals surface area contributed by atoms with Crippen molar-refractivity contribution in [2.45, 2.75) is 25.9 Å². The monoisotopic (exact) mass is 397 g/mol. The van der Waals surface area contributed by atoms with Crippen LogP contribution in [0.25, 0.3) is 16.9 Å². The van der Waals surface area contributed by atoms with Gasteiger partial charge in [-0.05, 0) is 37.5 Å². The van der Waals surface area contributed by atoms with Crippen molar-refractivity contribution in [3.05, 3.63) is 66.1 Å². The highest BCUT2D eigenvalue weighted by Gasteiger charge is 2.18. The summed E-state index contributed by atoms with van der Waals surface area (Å²) in [4.78, 5) is 16.6. The summed E-state index contributed by atoms with van der Waals surface area (Å²) in [6.45, 7) is 1.87. The van der Waals surface area contributed by atoms with Gasteiger partial charge in [-0.15, -0.1) is 0 Å². The Labute approximate surface area is 164 Å². The lowest BCUT2D eigenvalue weighted by atomic mass is 10.1. The lowest BCUT2D eigenvalue weighted by molar-refractivity contribution is 0.102. The maximum atomic E-state index is 13.5. The molecule has 1 saturated carbocycles. The summed E-state index contributed by atoms with van der Waals surface area (Å²) < 4.78 is 30.8. The number of rotatable bonds is 3. The van der Waals surface area contributed by atoms with Crippen molar-refractivity contribution < 1.29 is 18.1 Å². The van der Waals surface area contributed by atoms with Crippen LogP contribution in [0.2, 0.25) is 0 Å². The Morgan fingerprint density at radius 2 is 2.07 bits per heavy atom. The van der Waals surface area contributed by atoms with Crippen molar-refractivity contribution in [3.8, 4) is 11.4 Å². The Morgan fingerprint density at radius 1 is 1.28 bits per heavy atom. The van der Waals surface area contributed by atoms with Crippen molar-refractivity contribution in [3.63, 3.8) is 0 Å². The van der Waals surface area contributed by atoms with Gasteiger partial charge in [0.1, 0.15) is 12.0 Å². The number of pyridine rings is 1. The van der Waals surface area contributed by atoms with E-state index in [0.29, 0.717) is 22.6 Å². The zero-order chi connectivity index (χ0) is 20.4. The SMILES string of the molecule is Cc1ccc(-c2ncon2)cc1NC(=O)c1cnn2ccc(F)cc12.FC1CC1. The van der Waals surface area contributed by atoms with E-state index in [-0.39, 0.29) is 11.5 Å². The van der Waals surface area contributed by atoms with Gasteiger partial charge in [-0.2, -0.15) is 10.1 Å². The van der Waals surface area contributed by atoms with Crippen molar-refractivity contribution in [2.24, 2.45) is 0 Å². The van der Waals surface area contributed by atoms with Gasteiger partial charge < -0.3 is 9.84 Å². The first-order chi connectivity index (χ1) is 14.0. The molecule has 29 heavy (non-hydrogen) atoms. The average molecular weight is 397 g/mol. The van der Waals surface area contributed by atoms with E-state index < -0.39 is 12.0 Å². The lowest BCUT2D eigenvalue weighted by Crippen LogP contribution is -2.12. The van der Waals surface area contributed by atoms with Crippen LogP contribution < -0.4 is 5.32 Å². The number of hydrogen-bond acceptors (Lipinski definition) is 5. The van der Waals surface area contributed by atoms with E-state index in [9.17, 15) is 13.6 Å². The number of carbonyl (C=O) groups is 1. The molecule has 0 spiro atoms. The minimum absolute atomic E-state index is 0.281. The summed E-state index contributed by atoms with van der Waals surface area (Å²) in [6.07, 6.45) is 5.33. The molecule has 9 heteroatoms. The minimum Gasteiger partial charge on any atom is -0.342 e. The number of carbonyl (C=O) groups excluding carboxylic acids is 1. The van der Waals surface area contributed by atoms with Crippen molar-refractivity contribution in [1.29, 1.82) is 0 Å². The summed E-state index contributed by atoms with van der Waals surface area (Å²) in [5.74, 6) is -0.389. The molecule has 1 fully saturated rings. The highest BCUT2D eigenvalue weighted by Crippen LogP contribution is 2.24. The second-order valence-corrected chi connectivity index (χ2v) is 6.65. The second kappa shape index (κ2) is 7.78. The molecule has 148 valence electrons. The Kier molecular flexibility index (Phi) is 5.03. The first-order valence-electron chi connectivity index (χ1n) is 8.97. The van der Waals surface area contributed by atoms with E-state index >= 15 is 0 Å². The number of aromatic nitrogens is 4. The number of anilines is 1. The third kappa shape index (κ3) is 4.29. The van der Waals surface area contributed by atoms with Crippen LogP contribution in [0.5, 0.6) is 0 Å². The number of fused-ring (bicyclic) bond motifs is 1. The van der Waals surface area contributed by atoms with Crippen LogP contribution >= 0.6 is 0 Å². The molecular formula is C20H17F2N5O2. The Morgan fingerprint density at radius 3 is 2.76 bits per heavy atom. The van der Waals surface area contributed by atoms with Gasteiger partial charge in [0.2, 0.25) is 12.2 Å². The second-order valence-electron chi connectivity index (χ2n) is 6.65. The number of alkyl halides is 1.